The summed E-state index contributed by atoms with van der Waals surface area (Å²) in [5.41, 5.74) is 2.33. The van der Waals surface area contributed by atoms with Gasteiger partial charge in [-0.1, -0.05) is 23.8 Å². The number of imide groups is 1. The van der Waals surface area contributed by atoms with Crippen LogP contribution in [0.25, 0.3) is 21.9 Å². The highest BCUT2D eigenvalue weighted by Gasteiger charge is 2.39. The van der Waals surface area contributed by atoms with Crippen molar-refractivity contribution in [3.8, 4) is 0 Å². The highest BCUT2D eigenvalue weighted by Crippen LogP contribution is 2.33. The van der Waals surface area contributed by atoms with Crippen molar-refractivity contribution in [1.82, 2.24) is 4.90 Å². The van der Waals surface area contributed by atoms with Gasteiger partial charge in [0.05, 0.1) is 16.7 Å². The second kappa shape index (κ2) is 5.55. The molecule has 1 atom stereocenters. The molecule has 1 aliphatic heterocycles. The first-order valence-corrected chi connectivity index (χ1v) is 8.31. The Hall–Kier alpha value is -2.95. The summed E-state index contributed by atoms with van der Waals surface area (Å²) >= 11 is 0. The van der Waals surface area contributed by atoms with Gasteiger partial charge in [0.1, 0.15) is 11.2 Å². The Morgan fingerprint density at radius 1 is 1.12 bits per heavy atom. The van der Waals surface area contributed by atoms with E-state index in [1.54, 1.807) is 37.3 Å². The molecule has 5 nitrogen and oxygen atoms in total. The maximum atomic E-state index is 13.1. The number of carbonyl (C=O) groups excluding carboxylic acids is 2. The van der Waals surface area contributed by atoms with Crippen LogP contribution >= 0.6 is 0 Å². The van der Waals surface area contributed by atoms with E-state index in [1.165, 1.54) is 4.90 Å². The minimum Gasteiger partial charge on any atom is -0.456 e. The maximum Gasteiger partial charge on any atom is 0.237 e. The van der Waals surface area contributed by atoms with Crippen LogP contribution in [0.1, 0.15) is 30.4 Å². The quantitative estimate of drug-likeness (QED) is 0.533. The van der Waals surface area contributed by atoms with E-state index in [9.17, 15) is 14.4 Å². The van der Waals surface area contributed by atoms with Crippen molar-refractivity contribution in [2.24, 2.45) is 0 Å². The summed E-state index contributed by atoms with van der Waals surface area (Å²) in [7, 11) is 0. The maximum absolute atomic E-state index is 13.1. The summed E-state index contributed by atoms with van der Waals surface area (Å²) < 4.78 is 5.89. The summed E-state index contributed by atoms with van der Waals surface area (Å²) in [6.45, 7) is 4.02. The number of carbonyl (C=O) groups is 2. The molecule has 2 aromatic carbocycles. The van der Waals surface area contributed by atoms with Crippen molar-refractivity contribution in [2.45, 2.75) is 26.2 Å². The van der Waals surface area contributed by atoms with Crippen molar-refractivity contribution in [3.05, 3.63) is 57.7 Å². The van der Waals surface area contributed by atoms with E-state index in [1.807, 2.05) is 13.0 Å². The number of aryl methyl sites for hydroxylation is 1. The van der Waals surface area contributed by atoms with Gasteiger partial charge in [0.15, 0.2) is 0 Å². The van der Waals surface area contributed by atoms with E-state index < -0.39 is 5.92 Å². The number of benzene rings is 2. The molecule has 0 N–H and O–H groups in total. The van der Waals surface area contributed by atoms with E-state index in [-0.39, 0.29) is 23.7 Å². The molecule has 0 aliphatic carbocycles. The van der Waals surface area contributed by atoms with Gasteiger partial charge in [-0.05, 0) is 37.6 Å². The lowest BCUT2D eigenvalue weighted by Gasteiger charge is -2.13. The molecule has 0 saturated carbocycles. The van der Waals surface area contributed by atoms with Gasteiger partial charge in [0.2, 0.25) is 17.2 Å². The Morgan fingerprint density at radius 3 is 2.64 bits per heavy atom. The summed E-state index contributed by atoms with van der Waals surface area (Å²) in [6, 6.07) is 10.7. The molecule has 1 fully saturated rings. The number of hydrogen-bond acceptors (Lipinski definition) is 4. The highest BCUT2D eigenvalue weighted by molar-refractivity contribution is 6.08. The normalized spacial score (nSPS) is 17.8. The van der Waals surface area contributed by atoms with E-state index in [2.05, 4.69) is 0 Å². The third-order valence-electron chi connectivity index (χ3n) is 4.82. The number of nitrogens with zero attached hydrogens (tertiary/aromatic N) is 1. The van der Waals surface area contributed by atoms with Crippen molar-refractivity contribution in [2.75, 3.05) is 6.54 Å². The molecular formula is C20H17NO4. The lowest BCUT2D eigenvalue weighted by atomic mass is 9.93. The molecule has 0 bridgehead atoms. The smallest absolute Gasteiger partial charge is 0.237 e. The Kier molecular flexibility index (Phi) is 3.46. The molecule has 126 valence electrons. The van der Waals surface area contributed by atoms with Crippen LogP contribution in [0.15, 0.2) is 45.6 Å². The zero-order valence-corrected chi connectivity index (χ0v) is 14.0. The second-order valence-corrected chi connectivity index (χ2v) is 6.38. The van der Waals surface area contributed by atoms with Gasteiger partial charge in [-0.25, -0.2) is 0 Å². The van der Waals surface area contributed by atoms with Crippen molar-refractivity contribution >= 4 is 33.8 Å². The number of fused-ring (bicyclic) bond motifs is 2. The van der Waals surface area contributed by atoms with E-state index >= 15 is 0 Å². The Labute approximate surface area is 143 Å². The minimum atomic E-state index is -0.624. The van der Waals surface area contributed by atoms with Gasteiger partial charge < -0.3 is 4.42 Å². The average molecular weight is 335 g/mol. The first-order chi connectivity index (χ1) is 12.0. The predicted octanol–water partition coefficient (Wildman–Crippen LogP) is 3.12. The number of amides is 2. The van der Waals surface area contributed by atoms with E-state index in [0.717, 1.165) is 5.56 Å². The van der Waals surface area contributed by atoms with Crippen LogP contribution in [0.3, 0.4) is 0 Å². The average Bonchev–Trinajstić information content (AvgIpc) is 2.89. The largest absolute Gasteiger partial charge is 0.456 e. The lowest BCUT2D eigenvalue weighted by Crippen LogP contribution is -2.30. The topological polar surface area (TPSA) is 67.6 Å². The molecule has 0 radical (unpaired) electrons. The molecule has 2 amide bonds. The third-order valence-corrected chi connectivity index (χ3v) is 4.82. The van der Waals surface area contributed by atoms with Gasteiger partial charge >= 0.3 is 0 Å². The van der Waals surface area contributed by atoms with Crippen LogP contribution in [0, 0.1) is 6.92 Å². The van der Waals surface area contributed by atoms with Crippen molar-refractivity contribution < 1.29 is 14.0 Å². The molecule has 5 heteroatoms. The van der Waals surface area contributed by atoms with Crippen LogP contribution in [0.5, 0.6) is 0 Å². The molecular weight excluding hydrogens is 318 g/mol. The molecule has 1 aliphatic rings. The third kappa shape index (κ3) is 2.27. The molecule has 1 unspecified atom stereocenters. The highest BCUT2D eigenvalue weighted by atomic mass is 16.3. The molecule has 3 aromatic rings. The minimum absolute atomic E-state index is 0.0943. The molecule has 1 saturated heterocycles. The fourth-order valence-electron chi connectivity index (χ4n) is 3.59. The van der Waals surface area contributed by atoms with E-state index in [0.29, 0.717) is 34.0 Å². The summed E-state index contributed by atoms with van der Waals surface area (Å²) in [5.74, 6) is -1.07. The first-order valence-electron chi connectivity index (χ1n) is 8.31. The zero-order valence-electron chi connectivity index (χ0n) is 14.0. The number of hydrogen-bond donors (Lipinski definition) is 0. The Morgan fingerprint density at radius 2 is 1.92 bits per heavy atom. The molecule has 0 spiro atoms. The number of rotatable bonds is 2. The zero-order chi connectivity index (χ0) is 17.7. The first kappa shape index (κ1) is 15.6. The Bertz CT molecular complexity index is 1100. The predicted molar refractivity (Wildman–Crippen MR) is 94.5 cm³/mol. The van der Waals surface area contributed by atoms with Gasteiger partial charge in [0.25, 0.3) is 0 Å². The molecule has 2 heterocycles. The fourth-order valence-corrected chi connectivity index (χ4v) is 3.59. The molecule has 1 aromatic heterocycles. The fraction of sp³-hybridized carbons (Fsp3) is 0.250. The van der Waals surface area contributed by atoms with Crippen molar-refractivity contribution in [1.29, 1.82) is 0 Å². The molecule has 25 heavy (non-hydrogen) atoms. The van der Waals surface area contributed by atoms with Gasteiger partial charge in [-0.15, -0.1) is 0 Å². The standard InChI is InChI=1S/C20H17NO4/c1-3-21-17(22)10-13(20(21)24)12-5-4-6-16-18(12)19(23)14-9-11(2)7-8-15(14)25-16/h4-9,13H,3,10H2,1-2H3. The number of likely N-dealkylation sites (tertiary alicyclic amines) is 1. The monoisotopic (exact) mass is 335 g/mol. The van der Waals surface area contributed by atoms with Crippen molar-refractivity contribution in [3.63, 3.8) is 0 Å². The van der Waals surface area contributed by atoms with E-state index in [4.69, 9.17) is 4.42 Å². The van der Waals surface area contributed by atoms with Gasteiger partial charge in [0, 0.05) is 13.0 Å². The van der Waals surface area contributed by atoms with Crippen LogP contribution < -0.4 is 5.43 Å². The summed E-state index contributed by atoms with van der Waals surface area (Å²) in [5, 5.41) is 0.883. The van der Waals surface area contributed by atoms with Crippen LogP contribution in [0.2, 0.25) is 0 Å². The number of likely N-dealkylation sites (N-methyl/N-ethyl adjacent to an activating group) is 1. The van der Waals surface area contributed by atoms with Crippen LogP contribution in [-0.4, -0.2) is 23.3 Å². The summed E-state index contributed by atoms with van der Waals surface area (Å²) in [4.78, 5) is 39.0. The Balaban J connectivity index is 2.01. The lowest BCUT2D eigenvalue weighted by molar-refractivity contribution is -0.138. The van der Waals surface area contributed by atoms with Crippen LogP contribution in [0.4, 0.5) is 0 Å². The summed E-state index contributed by atoms with van der Waals surface area (Å²) in [6.07, 6.45) is 0.0943. The second-order valence-electron chi connectivity index (χ2n) is 6.38. The van der Waals surface area contributed by atoms with Crippen LogP contribution in [-0.2, 0) is 9.59 Å². The van der Waals surface area contributed by atoms with Gasteiger partial charge in [-0.3, -0.25) is 19.3 Å². The SMILES string of the molecule is CCN1C(=O)CC(c2cccc3oc4ccc(C)cc4c(=O)c23)C1=O. The van der Waals surface area contributed by atoms with Gasteiger partial charge in [-0.2, -0.15) is 0 Å². The molecule has 4 rings (SSSR count).